The molecule has 0 unspecified atom stereocenters. The van der Waals surface area contributed by atoms with Gasteiger partial charge in [0.25, 0.3) is 0 Å². The van der Waals surface area contributed by atoms with Gasteiger partial charge in [-0.15, -0.1) is 0 Å². The van der Waals surface area contributed by atoms with Gasteiger partial charge in [-0.2, -0.15) is 0 Å². The van der Waals surface area contributed by atoms with E-state index in [1.165, 1.54) is 5.54 Å². The standard InChI is InChI=1S/C14H21ClN2O/c1-11(2)7-16-8-13-4-5-14(9-17-13)18-10-12(3)6-15/h4-6,9,11,16H,7-8,10H2,1-3H3/b12-6+. The van der Waals surface area contributed by atoms with Gasteiger partial charge in [0.05, 0.1) is 11.9 Å². The van der Waals surface area contributed by atoms with Gasteiger partial charge < -0.3 is 10.1 Å². The first-order valence-corrected chi connectivity index (χ1v) is 6.59. The fourth-order valence-electron chi connectivity index (χ4n) is 1.32. The van der Waals surface area contributed by atoms with Crippen LogP contribution in [0.1, 0.15) is 26.5 Å². The summed E-state index contributed by atoms with van der Waals surface area (Å²) < 4.78 is 5.52. The summed E-state index contributed by atoms with van der Waals surface area (Å²) in [6, 6.07) is 3.91. The summed E-state index contributed by atoms with van der Waals surface area (Å²) in [5.74, 6) is 1.42. The second-order valence-electron chi connectivity index (χ2n) is 4.75. The van der Waals surface area contributed by atoms with E-state index in [4.69, 9.17) is 16.3 Å². The molecule has 0 amide bonds. The van der Waals surface area contributed by atoms with Crippen LogP contribution in [0.25, 0.3) is 0 Å². The SMILES string of the molecule is C/C(=C\Cl)COc1ccc(CNCC(C)C)nc1. The molecule has 18 heavy (non-hydrogen) atoms. The molecule has 1 rings (SSSR count). The summed E-state index contributed by atoms with van der Waals surface area (Å²) in [5, 5.41) is 3.35. The first-order valence-electron chi connectivity index (χ1n) is 6.16. The van der Waals surface area contributed by atoms with Gasteiger partial charge in [-0.1, -0.05) is 25.4 Å². The van der Waals surface area contributed by atoms with Crippen LogP contribution in [0.3, 0.4) is 0 Å². The largest absolute Gasteiger partial charge is 0.488 e. The maximum absolute atomic E-state index is 5.56. The van der Waals surface area contributed by atoms with E-state index in [9.17, 15) is 0 Å². The predicted octanol–water partition coefficient (Wildman–Crippen LogP) is 3.35. The van der Waals surface area contributed by atoms with Gasteiger partial charge in [0, 0.05) is 12.1 Å². The summed E-state index contributed by atoms with van der Waals surface area (Å²) in [6.07, 6.45) is 1.74. The third-order valence-electron chi connectivity index (χ3n) is 2.31. The maximum atomic E-state index is 5.56. The number of rotatable bonds is 7. The van der Waals surface area contributed by atoms with E-state index < -0.39 is 0 Å². The number of nitrogens with zero attached hydrogens (tertiary/aromatic N) is 1. The molecule has 0 aliphatic carbocycles. The quantitative estimate of drug-likeness (QED) is 0.824. The third kappa shape index (κ3) is 6.03. The van der Waals surface area contributed by atoms with E-state index in [0.29, 0.717) is 12.5 Å². The molecule has 4 heteroatoms. The highest BCUT2D eigenvalue weighted by Crippen LogP contribution is 2.10. The summed E-state index contributed by atoms with van der Waals surface area (Å²) in [6.45, 7) is 8.58. The van der Waals surface area contributed by atoms with E-state index in [0.717, 1.165) is 30.1 Å². The molecule has 1 aromatic heterocycles. The first-order chi connectivity index (χ1) is 8.61. The van der Waals surface area contributed by atoms with Gasteiger partial charge >= 0.3 is 0 Å². The minimum atomic E-state index is 0.496. The molecule has 0 atom stereocenters. The van der Waals surface area contributed by atoms with E-state index in [1.54, 1.807) is 6.20 Å². The Kier molecular flexibility index (Phi) is 6.76. The van der Waals surface area contributed by atoms with Crippen molar-refractivity contribution >= 4 is 11.6 Å². The van der Waals surface area contributed by atoms with Crippen LogP contribution in [0.15, 0.2) is 29.4 Å². The Balaban J connectivity index is 2.37. The average molecular weight is 269 g/mol. The molecule has 0 saturated carbocycles. The Morgan fingerprint density at radius 1 is 1.50 bits per heavy atom. The van der Waals surface area contributed by atoms with Crippen molar-refractivity contribution in [3.8, 4) is 5.75 Å². The Morgan fingerprint density at radius 3 is 2.83 bits per heavy atom. The summed E-state index contributed by atoms with van der Waals surface area (Å²) >= 11 is 5.56. The van der Waals surface area contributed by atoms with Gasteiger partial charge in [-0.05, 0) is 37.1 Å². The van der Waals surface area contributed by atoms with Crippen LogP contribution in [0.4, 0.5) is 0 Å². The van der Waals surface area contributed by atoms with E-state index in [2.05, 4.69) is 24.1 Å². The van der Waals surface area contributed by atoms with Gasteiger partial charge in [0.15, 0.2) is 0 Å². The number of pyridine rings is 1. The zero-order chi connectivity index (χ0) is 13.4. The lowest BCUT2D eigenvalue weighted by atomic mass is 10.2. The van der Waals surface area contributed by atoms with Crippen LogP contribution in [0.5, 0.6) is 5.75 Å². The molecule has 0 aromatic carbocycles. The summed E-state index contributed by atoms with van der Waals surface area (Å²) in [5.41, 5.74) is 3.53. The molecule has 1 aromatic rings. The lowest BCUT2D eigenvalue weighted by Crippen LogP contribution is -2.19. The first kappa shape index (κ1) is 15.0. The zero-order valence-electron chi connectivity index (χ0n) is 11.2. The number of nitrogens with one attached hydrogen (secondary N) is 1. The zero-order valence-corrected chi connectivity index (χ0v) is 12.0. The van der Waals surface area contributed by atoms with Crippen LogP contribution in [-0.2, 0) is 6.54 Å². The normalized spacial score (nSPS) is 11.9. The molecule has 0 bridgehead atoms. The topological polar surface area (TPSA) is 34.1 Å². The van der Waals surface area contributed by atoms with Gasteiger partial charge in [0.2, 0.25) is 0 Å². The molecule has 0 aliphatic rings. The monoisotopic (exact) mass is 268 g/mol. The Hall–Kier alpha value is -1.06. The molecule has 0 fully saturated rings. The minimum absolute atomic E-state index is 0.496. The maximum Gasteiger partial charge on any atom is 0.138 e. The third-order valence-corrected chi connectivity index (χ3v) is 2.68. The van der Waals surface area contributed by atoms with Crippen molar-refractivity contribution in [2.45, 2.75) is 27.3 Å². The van der Waals surface area contributed by atoms with Gasteiger partial charge in [-0.3, -0.25) is 4.98 Å². The molecule has 3 nitrogen and oxygen atoms in total. The minimum Gasteiger partial charge on any atom is -0.488 e. The van der Waals surface area contributed by atoms with E-state index >= 15 is 0 Å². The predicted molar refractivity (Wildman–Crippen MR) is 75.9 cm³/mol. The van der Waals surface area contributed by atoms with E-state index in [-0.39, 0.29) is 0 Å². The van der Waals surface area contributed by atoms with Gasteiger partial charge in [-0.25, -0.2) is 0 Å². The molecule has 1 heterocycles. The number of ether oxygens (including phenoxy) is 1. The fraction of sp³-hybridized carbons (Fsp3) is 0.500. The van der Waals surface area contributed by atoms with Crippen LogP contribution < -0.4 is 10.1 Å². The second-order valence-corrected chi connectivity index (χ2v) is 4.97. The van der Waals surface area contributed by atoms with Crippen LogP contribution in [0.2, 0.25) is 0 Å². The van der Waals surface area contributed by atoms with E-state index in [1.807, 2.05) is 19.1 Å². The van der Waals surface area contributed by atoms with Crippen molar-refractivity contribution in [2.75, 3.05) is 13.2 Å². The van der Waals surface area contributed by atoms with Crippen molar-refractivity contribution in [3.63, 3.8) is 0 Å². The van der Waals surface area contributed by atoms with Crippen molar-refractivity contribution < 1.29 is 4.74 Å². The highest BCUT2D eigenvalue weighted by Gasteiger charge is 1.99. The second kappa shape index (κ2) is 8.11. The molecule has 1 N–H and O–H groups in total. The van der Waals surface area contributed by atoms with Crippen LogP contribution >= 0.6 is 11.6 Å². The van der Waals surface area contributed by atoms with Crippen molar-refractivity contribution in [1.29, 1.82) is 0 Å². The fourth-order valence-corrected chi connectivity index (χ4v) is 1.38. The molecular formula is C14H21ClN2O. The summed E-state index contributed by atoms with van der Waals surface area (Å²) in [4.78, 5) is 4.34. The molecular weight excluding hydrogens is 248 g/mol. The molecule has 0 saturated heterocycles. The molecule has 0 radical (unpaired) electrons. The number of aromatic nitrogens is 1. The molecule has 100 valence electrons. The van der Waals surface area contributed by atoms with Crippen LogP contribution in [0, 0.1) is 5.92 Å². The Morgan fingerprint density at radius 2 is 2.28 bits per heavy atom. The van der Waals surface area contributed by atoms with Crippen molar-refractivity contribution in [2.24, 2.45) is 5.92 Å². The van der Waals surface area contributed by atoms with Crippen LogP contribution in [-0.4, -0.2) is 18.1 Å². The smallest absolute Gasteiger partial charge is 0.138 e. The van der Waals surface area contributed by atoms with Gasteiger partial charge in [0.1, 0.15) is 12.4 Å². The summed E-state index contributed by atoms with van der Waals surface area (Å²) in [7, 11) is 0. The number of hydrogen-bond donors (Lipinski definition) is 1. The number of halogens is 1. The molecule has 0 spiro atoms. The lowest BCUT2D eigenvalue weighted by molar-refractivity contribution is 0.350. The Bertz CT molecular complexity index is 374. The van der Waals surface area contributed by atoms with Crippen molar-refractivity contribution in [3.05, 3.63) is 35.1 Å². The highest BCUT2D eigenvalue weighted by atomic mass is 35.5. The average Bonchev–Trinajstić information content (AvgIpc) is 2.37. The highest BCUT2D eigenvalue weighted by molar-refractivity contribution is 6.25. The van der Waals surface area contributed by atoms with Crippen molar-refractivity contribution in [1.82, 2.24) is 10.3 Å². The molecule has 0 aliphatic heterocycles. The lowest BCUT2D eigenvalue weighted by Gasteiger charge is -2.08. The Labute approximate surface area is 114 Å². The number of hydrogen-bond acceptors (Lipinski definition) is 3.